The van der Waals surface area contributed by atoms with E-state index in [2.05, 4.69) is 28.2 Å². The molecule has 0 spiro atoms. The van der Waals surface area contributed by atoms with Crippen molar-refractivity contribution in [1.29, 1.82) is 0 Å². The van der Waals surface area contributed by atoms with Gasteiger partial charge in [-0.25, -0.2) is 4.98 Å². The van der Waals surface area contributed by atoms with Crippen molar-refractivity contribution in [3.63, 3.8) is 0 Å². The van der Waals surface area contributed by atoms with Crippen LogP contribution in [0.4, 0.5) is 5.82 Å². The minimum Gasteiger partial charge on any atom is -0.383 e. The third-order valence-electron chi connectivity index (χ3n) is 3.07. The maximum Gasteiger partial charge on any atom is 0.196 e. The van der Waals surface area contributed by atoms with E-state index >= 15 is 0 Å². The number of thiazole rings is 1. The minimum atomic E-state index is 0.708. The van der Waals surface area contributed by atoms with Crippen LogP contribution < -0.4 is 5.73 Å². The molecule has 3 aromatic rings. The number of imidazole rings is 1. The number of pyridine rings is 1. The molecule has 0 unspecified atom stereocenters. The Labute approximate surface area is 109 Å². The first-order valence-electron chi connectivity index (χ1n) is 5.89. The maximum absolute atomic E-state index is 6.24. The molecule has 5 heteroatoms. The van der Waals surface area contributed by atoms with Gasteiger partial charge < -0.3 is 5.73 Å². The molecule has 2 N–H and O–H groups in total. The van der Waals surface area contributed by atoms with Crippen LogP contribution in [0.3, 0.4) is 0 Å². The van der Waals surface area contributed by atoms with Gasteiger partial charge in [0.15, 0.2) is 4.96 Å². The molecule has 3 aromatic heterocycles. The number of aromatic nitrogens is 3. The predicted molar refractivity (Wildman–Crippen MR) is 74.8 cm³/mol. The van der Waals surface area contributed by atoms with Gasteiger partial charge in [0, 0.05) is 28.5 Å². The van der Waals surface area contributed by atoms with E-state index in [0.717, 1.165) is 22.6 Å². The first-order chi connectivity index (χ1) is 8.72. The summed E-state index contributed by atoms with van der Waals surface area (Å²) in [4.78, 5) is 11.0. The van der Waals surface area contributed by atoms with Crippen molar-refractivity contribution in [2.24, 2.45) is 0 Å². The van der Waals surface area contributed by atoms with E-state index in [9.17, 15) is 0 Å². The zero-order chi connectivity index (χ0) is 12.7. The van der Waals surface area contributed by atoms with Crippen molar-refractivity contribution >= 4 is 22.1 Å². The van der Waals surface area contributed by atoms with Crippen LogP contribution in [0.1, 0.15) is 17.5 Å². The normalized spacial score (nSPS) is 11.2. The number of rotatable bonds is 2. The van der Waals surface area contributed by atoms with Gasteiger partial charge >= 0.3 is 0 Å². The molecule has 0 aromatic carbocycles. The van der Waals surface area contributed by atoms with Gasteiger partial charge in [-0.1, -0.05) is 6.92 Å². The Kier molecular flexibility index (Phi) is 2.56. The van der Waals surface area contributed by atoms with Crippen LogP contribution in [0.5, 0.6) is 0 Å². The van der Waals surface area contributed by atoms with Gasteiger partial charge in [0.1, 0.15) is 11.5 Å². The van der Waals surface area contributed by atoms with Gasteiger partial charge in [-0.2, -0.15) is 0 Å². The fraction of sp³-hybridized carbons (Fsp3) is 0.231. The molecular weight excluding hydrogens is 244 g/mol. The van der Waals surface area contributed by atoms with Crippen molar-refractivity contribution in [2.75, 3.05) is 5.73 Å². The first-order valence-corrected chi connectivity index (χ1v) is 6.70. The maximum atomic E-state index is 6.24. The molecule has 4 nitrogen and oxygen atoms in total. The summed E-state index contributed by atoms with van der Waals surface area (Å²) >= 11 is 1.68. The van der Waals surface area contributed by atoms with Crippen molar-refractivity contribution < 1.29 is 0 Å². The van der Waals surface area contributed by atoms with Crippen molar-refractivity contribution in [3.8, 4) is 11.3 Å². The predicted octanol–water partition coefficient (Wildman–Crippen LogP) is 2.91. The lowest BCUT2D eigenvalue weighted by Gasteiger charge is -2.01. The Morgan fingerprint density at radius 3 is 2.94 bits per heavy atom. The number of anilines is 1. The van der Waals surface area contributed by atoms with Crippen LogP contribution in [0.25, 0.3) is 16.2 Å². The summed E-state index contributed by atoms with van der Waals surface area (Å²) < 4.78 is 2.06. The zero-order valence-corrected chi connectivity index (χ0v) is 11.2. The van der Waals surface area contributed by atoms with E-state index in [1.165, 1.54) is 10.6 Å². The van der Waals surface area contributed by atoms with E-state index in [1.807, 2.05) is 12.1 Å². The molecule has 0 bridgehead atoms. The fourth-order valence-electron chi connectivity index (χ4n) is 2.22. The zero-order valence-electron chi connectivity index (χ0n) is 10.3. The molecule has 0 radical (unpaired) electrons. The minimum absolute atomic E-state index is 0.708. The van der Waals surface area contributed by atoms with E-state index in [4.69, 9.17) is 5.73 Å². The average Bonchev–Trinajstić information content (AvgIpc) is 2.87. The highest BCUT2D eigenvalue weighted by atomic mass is 32.1. The summed E-state index contributed by atoms with van der Waals surface area (Å²) in [5.41, 5.74) is 9.27. The molecule has 92 valence electrons. The summed E-state index contributed by atoms with van der Waals surface area (Å²) in [6.07, 6.45) is 4.50. The molecule has 0 saturated heterocycles. The first kappa shape index (κ1) is 11.2. The van der Waals surface area contributed by atoms with Crippen LogP contribution in [0.15, 0.2) is 24.5 Å². The van der Waals surface area contributed by atoms with E-state index in [0.29, 0.717) is 5.82 Å². The van der Waals surface area contributed by atoms with Crippen LogP contribution in [0.2, 0.25) is 0 Å². The van der Waals surface area contributed by atoms with Crippen LogP contribution >= 0.6 is 11.3 Å². The molecule has 18 heavy (non-hydrogen) atoms. The second kappa shape index (κ2) is 4.10. The number of nitrogen functional groups attached to an aromatic ring is 1. The highest BCUT2D eigenvalue weighted by molar-refractivity contribution is 7.17. The Morgan fingerprint density at radius 2 is 2.28 bits per heavy atom. The van der Waals surface area contributed by atoms with Crippen molar-refractivity contribution in [1.82, 2.24) is 14.4 Å². The topological polar surface area (TPSA) is 56.2 Å². The lowest BCUT2D eigenvalue weighted by Crippen LogP contribution is -1.98. The van der Waals surface area contributed by atoms with Gasteiger partial charge in [0.05, 0.1) is 0 Å². The van der Waals surface area contributed by atoms with Crippen molar-refractivity contribution in [3.05, 3.63) is 35.1 Å². The number of hydrogen-bond donors (Lipinski definition) is 1. The molecule has 0 aliphatic carbocycles. The SMILES string of the molecule is CCc1c(C)sc2nc(-c3cccnc3)c(N)n12. The van der Waals surface area contributed by atoms with Gasteiger partial charge in [-0.05, 0) is 25.5 Å². The van der Waals surface area contributed by atoms with Crippen molar-refractivity contribution in [2.45, 2.75) is 20.3 Å². The van der Waals surface area contributed by atoms with Crippen LogP contribution in [-0.2, 0) is 6.42 Å². The molecule has 0 aliphatic rings. The highest BCUT2D eigenvalue weighted by Crippen LogP contribution is 2.32. The molecular formula is C13H14N4S. The molecule has 0 fully saturated rings. The number of nitrogens with zero attached hydrogens (tertiary/aromatic N) is 3. The molecule has 3 rings (SSSR count). The van der Waals surface area contributed by atoms with E-state index in [-0.39, 0.29) is 0 Å². The fourth-order valence-corrected chi connectivity index (χ4v) is 3.28. The van der Waals surface area contributed by atoms with Gasteiger partial charge in [0.25, 0.3) is 0 Å². The molecule has 0 atom stereocenters. The summed E-state index contributed by atoms with van der Waals surface area (Å²) in [6, 6.07) is 3.88. The number of nitrogens with two attached hydrogens (primary N) is 1. The number of aryl methyl sites for hydroxylation is 2. The average molecular weight is 258 g/mol. The summed E-state index contributed by atoms with van der Waals surface area (Å²) in [5.74, 6) is 0.708. The molecule has 3 heterocycles. The number of hydrogen-bond acceptors (Lipinski definition) is 4. The molecule has 0 saturated carbocycles. The van der Waals surface area contributed by atoms with E-state index in [1.54, 1.807) is 23.7 Å². The third kappa shape index (κ3) is 1.51. The van der Waals surface area contributed by atoms with Crippen LogP contribution in [-0.4, -0.2) is 14.4 Å². The smallest absolute Gasteiger partial charge is 0.196 e. The van der Waals surface area contributed by atoms with Gasteiger partial charge in [0.2, 0.25) is 0 Å². The summed E-state index contributed by atoms with van der Waals surface area (Å²) in [5, 5.41) is 0. The second-order valence-electron chi connectivity index (χ2n) is 4.16. The third-order valence-corrected chi connectivity index (χ3v) is 4.07. The van der Waals surface area contributed by atoms with Gasteiger partial charge in [-0.15, -0.1) is 11.3 Å². The standard InChI is InChI=1S/C13H14N4S/c1-3-10-8(2)18-13-16-11(12(14)17(10)13)9-5-4-6-15-7-9/h4-7H,3,14H2,1-2H3. The van der Waals surface area contributed by atoms with E-state index < -0.39 is 0 Å². The summed E-state index contributed by atoms with van der Waals surface area (Å²) in [6.45, 7) is 4.25. The molecule has 0 amide bonds. The lowest BCUT2D eigenvalue weighted by molar-refractivity contribution is 0.994. The van der Waals surface area contributed by atoms with Gasteiger partial charge in [-0.3, -0.25) is 9.38 Å². The summed E-state index contributed by atoms with van der Waals surface area (Å²) in [7, 11) is 0. The quantitative estimate of drug-likeness (QED) is 0.769. The Balaban J connectivity index is 2.28. The lowest BCUT2D eigenvalue weighted by atomic mass is 10.2. The largest absolute Gasteiger partial charge is 0.383 e. The Hall–Kier alpha value is -1.88. The Morgan fingerprint density at radius 1 is 1.44 bits per heavy atom. The molecule has 0 aliphatic heterocycles. The Bertz CT molecular complexity index is 697. The highest BCUT2D eigenvalue weighted by Gasteiger charge is 2.17. The monoisotopic (exact) mass is 258 g/mol. The van der Waals surface area contributed by atoms with Crippen LogP contribution in [0, 0.1) is 6.92 Å². The second-order valence-corrected chi connectivity index (χ2v) is 5.35. The number of fused-ring (bicyclic) bond motifs is 1.